The summed E-state index contributed by atoms with van der Waals surface area (Å²) in [4.78, 5) is 2.55. The van der Waals surface area contributed by atoms with Crippen molar-refractivity contribution in [3.63, 3.8) is 0 Å². The Labute approximate surface area is 109 Å². The molecule has 0 radical (unpaired) electrons. The number of nitriles is 1. The van der Waals surface area contributed by atoms with E-state index >= 15 is 0 Å². The van der Waals surface area contributed by atoms with Gasteiger partial charge < -0.3 is 10.2 Å². The highest BCUT2D eigenvalue weighted by molar-refractivity contribution is 6.31. The average molecular weight is 267 g/mol. The minimum atomic E-state index is -1.14. The molecule has 0 bridgehead atoms. The summed E-state index contributed by atoms with van der Waals surface area (Å²) in [6.07, 6.45) is -2.05. The lowest BCUT2D eigenvalue weighted by atomic mass is 10.0. The number of azide groups is 1. The highest BCUT2D eigenvalue weighted by Gasteiger charge is 2.18. The van der Waals surface area contributed by atoms with Crippen LogP contribution < -0.4 is 0 Å². The second-order valence-electron chi connectivity index (χ2n) is 3.61. The van der Waals surface area contributed by atoms with Gasteiger partial charge in [0.2, 0.25) is 0 Å². The van der Waals surface area contributed by atoms with Gasteiger partial charge in [0, 0.05) is 11.5 Å². The first-order valence-electron chi connectivity index (χ1n) is 5.16. The van der Waals surface area contributed by atoms with E-state index in [4.69, 9.17) is 22.4 Å². The van der Waals surface area contributed by atoms with Crippen LogP contribution in [0.25, 0.3) is 10.4 Å². The lowest BCUT2D eigenvalue weighted by molar-refractivity contribution is 0.0150. The summed E-state index contributed by atoms with van der Waals surface area (Å²) in [5.41, 5.74) is 8.81. The van der Waals surface area contributed by atoms with Gasteiger partial charge in [-0.25, -0.2) is 0 Å². The predicted molar refractivity (Wildman–Crippen MR) is 65.8 cm³/mol. The van der Waals surface area contributed by atoms with Gasteiger partial charge in [0.25, 0.3) is 0 Å². The predicted octanol–water partition coefficient (Wildman–Crippen LogP) is 2.31. The molecule has 0 aliphatic carbocycles. The molecule has 1 aromatic carbocycles. The third-order valence-corrected chi connectivity index (χ3v) is 2.72. The van der Waals surface area contributed by atoms with Gasteiger partial charge in [0.15, 0.2) is 0 Å². The van der Waals surface area contributed by atoms with Crippen LogP contribution in [0.15, 0.2) is 23.3 Å². The summed E-state index contributed by atoms with van der Waals surface area (Å²) in [5, 5.41) is 31.7. The van der Waals surface area contributed by atoms with Gasteiger partial charge >= 0.3 is 0 Å². The van der Waals surface area contributed by atoms with E-state index in [1.807, 2.05) is 6.07 Å². The summed E-state index contributed by atoms with van der Waals surface area (Å²) in [7, 11) is 0. The van der Waals surface area contributed by atoms with E-state index in [2.05, 4.69) is 10.0 Å². The lowest BCUT2D eigenvalue weighted by Gasteiger charge is -2.17. The monoisotopic (exact) mass is 266 g/mol. The minimum absolute atomic E-state index is 0.0960. The summed E-state index contributed by atoms with van der Waals surface area (Å²) in [6.45, 7) is 0.0960. The van der Waals surface area contributed by atoms with Crippen molar-refractivity contribution in [3.8, 4) is 6.07 Å². The third kappa shape index (κ3) is 3.62. The van der Waals surface area contributed by atoms with Gasteiger partial charge in [-0.15, -0.1) is 0 Å². The Morgan fingerprint density at radius 2 is 2.22 bits per heavy atom. The Bertz CT molecular complexity index is 508. The summed E-state index contributed by atoms with van der Waals surface area (Å²) < 4.78 is 0. The van der Waals surface area contributed by atoms with Crippen molar-refractivity contribution in [2.75, 3.05) is 6.54 Å². The van der Waals surface area contributed by atoms with Gasteiger partial charge in [-0.2, -0.15) is 5.26 Å². The van der Waals surface area contributed by atoms with Gasteiger partial charge in [-0.3, -0.25) is 0 Å². The summed E-state index contributed by atoms with van der Waals surface area (Å²) in [6, 6.07) is 6.33. The van der Waals surface area contributed by atoms with Crippen molar-refractivity contribution in [1.29, 1.82) is 5.26 Å². The molecule has 6 nitrogen and oxygen atoms in total. The molecule has 0 heterocycles. The van der Waals surface area contributed by atoms with Gasteiger partial charge in [-0.1, -0.05) is 22.8 Å². The number of halogens is 1. The van der Waals surface area contributed by atoms with Crippen molar-refractivity contribution in [3.05, 3.63) is 44.8 Å². The topological polar surface area (TPSA) is 113 Å². The van der Waals surface area contributed by atoms with Crippen molar-refractivity contribution in [2.45, 2.75) is 18.6 Å². The fourth-order valence-electron chi connectivity index (χ4n) is 1.42. The molecule has 7 heteroatoms. The third-order valence-electron chi connectivity index (χ3n) is 2.41. The zero-order valence-electron chi connectivity index (χ0n) is 9.36. The number of nitrogens with zero attached hydrogens (tertiary/aromatic N) is 4. The zero-order chi connectivity index (χ0) is 13.5. The molecule has 0 aliphatic rings. The molecule has 0 aromatic heterocycles. The fraction of sp³-hybridized carbons (Fsp3) is 0.364. The molecule has 2 unspecified atom stereocenters. The normalized spacial score (nSPS) is 13.2. The Morgan fingerprint density at radius 1 is 1.50 bits per heavy atom. The fourth-order valence-corrected chi connectivity index (χ4v) is 1.65. The van der Waals surface area contributed by atoms with Crippen LogP contribution in [0.3, 0.4) is 0 Å². The Balaban J connectivity index is 2.77. The van der Waals surface area contributed by atoms with Crippen LogP contribution in [0.2, 0.25) is 5.02 Å². The Kier molecular flexibility index (Phi) is 5.43. The minimum Gasteiger partial charge on any atom is -0.390 e. The second-order valence-corrected chi connectivity index (χ2v) is 4.01. The van der Waals surface area contributed by atoms with E-state index in [0.717, 1.165) is 0 Å². The molecule has 18 heavy (non-hydrogen) atoms. The Hall–Kier alpha value is -1.77. The zero-order valence-corrected chi connectivity index (χ0v) is 10.1. The molecule has 0 fully saturated rings. The maximum absolute atomic E-state index is 9.85. The molecule has 0 saturated carbocycles. The molecular weight excluding hydrogens is 256 g/mol. The molecule has 94 valence electrons. The number of aliphatic hydroxyl groups is 2. The van der Waals surface area contributed by atoms with Crippen LogP contribution in [0.5, 0.6) is 0 Å². The molecule has 1 rings (SSSR count). The van der Waals surface area contributed by atoms with Crippen LogP contribution in [-0.4, -0.2) is 22.9 Å². The van der Waals surface area contributed by atoms with Crippen molar-refractivity contribution in [1.82, 2.24) is 0 Å². The number of aliphatic hydroxyl groups excluding tert-OH is 2. The number of rotatable bonds is 5. The Morgan fingerprint density at radius 3 is 2.78 bits per heavy atom. The van der Waals surface area contributed by atoms with E-state index in [1.165, 1.54) is 18.2 Å². The molecule has 2 N–H and O–H groups in total. The summed E-state index contributed by atoms with van der Waals surface area (Å²) >= 11 is 5.82. The maximum Gasteiger partial charge on any atom is 0.105 e. The first-order valence-corrected chi connectivity index (χ1v) is 5.54. The van der Waals surface area contributed by atoms with Crippen molar-refractivity contribution in [2.24, 2.45) is 5.11 Å². The number of hydrogen-bond acceptors (Lipinski definition) is 4. The molecular formula is C11H11ClN4O2. The smallest absolute Gasteiger partial charge is 0.105 e. The standard InChI is InChI=1S/C11H11ClN4O2/c12-9-5-7(1-2-8(9)6-13)11(18)10(17)3-4-15-16-14/h1-2,5,10-11,17-18H,3-4H2. The van der Waals surface area contributed by atoms with Crippen LogP contribution in [0.4, 0.5) is 0 Å². The molecule has 0 saturated heterocycles. The largest absolute Gasteiger partial charge is 0.390 e. The van der Waals surface area contributed by atoms with E-state index in [1.54, 1.807) is 0 Å². The number of benzene rings is 1. The number of hydrogen-bond donors (Lipinski definition) is 2. The van der Waals surface area contributed by atoms with Crippen molar-refractivity contribution >= 4 is 11.6 Å². The first-order chi connectivity index (χ1) is 8.60. The van der Waals surface area contributed by atoms with Crippen LogP contribution in [-0.2, 0) is 0 Å². The molecule has 0 aliphatic heterocycles. The first kappa shape index (κ1) is 14.3. The van der Waals surface area contributed by atoms with E-state index < -0.39 is 12.2 Å². The van der Waals surface area contributed by atoms with Crippen molar-refractivity contribution < 1.29 is 10.2 Å². The molecule has 0 amide bonds. The quantitative estimate of drug-likeness (QED) is 0.484. The maximum atomic E-state index is 9.85. The van der Waals surface area contributed by atoms with E-state index in [-0.39, 0.29) is 18.0 Å². The lowest BCUT2D eigenvalue weighted by Crippen LogP contribution is -2.19. The van der Waals surface area contributed by atoms with E-state index in [0.29, 0.717) is 11.1 Å². The van der Waals surface area contributed by atoms with Crippen LogP contribution in [0.1, 0.15) is 23.7 Å². The van der Waals surface area contributed by atoms with Crippen LogP contribution in [0, 0.1) is 11.3 Å². The molecule has 0 spiro atoms. The average Bonchev–Trinajstić information content (AvgIpc) is 2.38. The highest BCUT2D eigenvalue weighted by Crippen LogP contribution is 2.24. The summed E-state index contributed by atoms with van der Waals surface area (Å²) in [5.74, 6) is 0. The second kappa shape index (κ2) is 6.84. The molecule has 2 atom stereocenters. The van der Waals surface area contributed by atoms with E-state index in [9.17, 15) is 10.2 Å². The van der Waals surface area contributed by atoms with Gasteiger partial charge in [0.1, 0.15) is 12.2 Å². The van der Waals surface area contributed by atoms with Gasteiger partial charge in [-0.05, 0) is 29.6 Å². The highest BCUT2D eigenvalue weighted by atomic mass is 35.5. The molecule has 1 aromatic rings. The SMILES string of the molecule is N#Cc1ccc(C(O)C(O)CCN=[N+]=[N-])cc1Cl. The van der Waals surface area contributed by atoms with Crippen LogP contribution >= 0.6 is 11.6 Å². The van der Waals surface area contributed by atoms with Gasteiger partial charge in [0.05, 0.1) is 16.7 Å².